The Labute approximate surface area is 215 Å². The van der Waals surface area contributed by atoms with E-state index < -0.39 is 5.97 Å². The number of benzene rings is 2. The largest absolute Gasteiger partial charge is 0.465 e. The first-order valence-electron chi connectivity index (χ1n) is 11.8. The van der Waals surface area contributed by atoms with Crippen LogP contribution in [0.15, 0.2) is 53.4 Å². The highest BCUT2D eigenvalue weighted by Gasteiger charge is 2.31. The first-order valence-corrected chi connectivity index (χ1v) is 13.0. The minimum Gasteiger partial charge on any atom is -0.465 e. The number of methoxy groups -OCH3 is 1. The fourth-order valence-electron chi connectivity index (χ4n) is 4.33. The topological polar surface area (TPSA) is 66.9 Å². The molecular weight excluding hydrogens is 480 g/mol. The summed E-state index contributed by atoms with van der Waals surface area (Å²) in [5, 5.41) is 0. The van der Waals surface area contributed by atoms with Crippen molar-refractivity contribution in [3.8, 4) is 0 Å². The average molecular weight is 509 g/mol. The molecule has 2 aromatic carbocycles. The fourth-order valence-corrected chi connectivity index (χ4v) is 5.64. The lowest BCUT2D eigenvalue weighted by Crippen LogP contribution is -2.35. The van der Waals surface area contributed by atoms with Crippen molar-refractivity contribution in [2.75, 3.05) is 25.1 Å². The summed E-state index contributed by atoms with van der Waals surface area (Å²) in [5.41, 5.74) is 3.57. The van der Waals surface area contributed by atoms with Crippen LogP contribution in [0.4, 0.5) is 5.69 Å². The van der Waals surface area contributed by atoms with Crippen LogP contribution in [0.5, 0.6) is 0 Å². The monoisotopic (exact) mass is 508 g/mol. The van der Waals surface area contributed by atoms with Gasteiger partial charge >= 0.3 is 5.97 Å². The van der Waals surface area contributed by atoms with E-state index in [1.807, 2.05) is 23.1 Å². The van der Waals surface area contributed by atoms with Crippen LogP contribution in [0.1, 0.15) is 53.6 Å². The van der Waals surface area contributed by atoms with Gasteiger partial charge in [0.1, 0.15) is 4.32 Å². The van der Waals surface area contributed by atoms with Crippen molar-refractivity contribution in [1.29, 1.82) is 0 Å². The number of fused-ring (bicyclic) bond motifs is 1. The van der Waals surface area contributed by atoms with Crippen LogP contribution in [0.3, 0.4) is 0 Å². The van der Waals surface area contributed by atoms with Crippen molar-refractivity contribution < 1.29 is 19.1 Å². The molecule has 2 amide bonds. The van der Waals surface area contributed by atoms with Gasteiger partial charge in [0.25, 0.3) is 5.91 Å². The van der Waals surface area contributed by atoms with E-state index in [0.29, 0.717) is 27.8 Å². The molecule has 8 heteroatoms. The summed E-state index contributed by atoms with van der Waals surface area (Å²) in [6, 6.07) is 15.0. The van der Waals surface area contributed by atoms with Crippen LogP contribution in [0.2, 0.25) is 0 Å². The van der Waals surface area contributed by atoms with Gasteiger partial charge in [-0.2, -0.15) is 0 Å². The molecule has 35 heavy (non-hydrogen) atoms. The maximum absolute atomic E-state index is 12.9. The highest BCUT2D eigenvalue weighted by Crippen LogP contribution is 2.33. The molecule has 6 nitrogen and oxygen atoms in total. The van der Waals surface area contributed by atoms with E-state index in [-0.39, 0.29) is 11.8 Å². The quantitative estimate of drug-likeness (QED) is 0.211. The molecular formula is C27H28N2O4S2. The number of ether oxygens (including phenoxy) is 1. The zero-order valence-corrected chi connectivity index (χ0v) is 21.3. The predicted octanol–water partition coefficient (Wildman–Crippen LogP) is 5.21. The smallest absolute Gasteiger partial charge is 0.337 e. The summed E-state index contributed by atoms with van der Waals surface area (Å²) in [6.07, 6.45) is 6.75. The maximum atomic E-state index is 12.9. The Morgan fingerprint density at radius 1 is 1.09 bits per heavy atom. The minimum atomic E-state index is -0.398. The molecule has 0 saturated carbocycles. The molecule has 2 aromatic rings. The molecule has 2 aliphatic rings. The van der Waals surface area contributed by atoms with Gasteiger partial charge in [-0.25, -0.2) is 4.79 Å². The van der Waals surface area contributed by atoms with Crippen molar-refractivity contribution in [2.24, 2.45) is 0 Å². The molecule has 0 unspecified atom stereocenters. The molecule has 2 aliphatic heterocycles. The number of rotatable bonds is 8. The Morgan fingerprint density at radius 2 is 1.86 bits per heavy atom. The van der Waals surface area contributed by atoms with Crippen molar-refractivity contribution in [3.63, 3.8) is 0 Å². The van der Waals surface area contributed by atoms with E-state index in [2.05, 4.69) is 6.07 Å². The van der Waals surface area contributed by atoms with E-state index in [4.69, 9.17) is 17.0 Å². The van der Waals surface area contributed by atoms with Crippen LogP contribution in [0, 0.1) is 0 Å². The van der Waals surface area contributed by atoms with Crippen LogP contribution in [-0.4, -0.2) is 47.2 Å². The summed E-state index contributed by atoms with van der Waals surface area (Å²) in [7, 11) is 1.34. The van der Waals surface area contributed by atoms with Crippen LogP contribution in [-0.2, 0) is 20.7 Å². The van der Waals surface area contributed by atoms with Crippen LogP contribution in [0.25, 0.3) is 6.08 Å². The first-order chi connectivity index (χ1) is 17.0. The zero-order valence-electron chi connectivity index (χ0n) is 19.7. The highest BCUT2D eigenvalue weighted by atomic mass is 32.2. The van der Waals surface area contributed by atoms with Gasteiger partial charge in [-0.1, -0.05) is 60.7 Å². The van der Waals surface area contributed by atoms with Gasteiger partial charge in [0.2, 0.25) is 5.91 Å². The van der Waals surface area contributed by atoms with Crippen molar-refractivity contribution in [3.05, 3.63) is 70.1 Å². The van der Waals surface area contributed by atoms with Gasteiger partial charge in [0.15, 0.2) is 0 Å². The lowest BCUT2D eigenvalue weighted by Gasteiger charge is -2.29. The van der Waals surface area contributed by atoms with E-state index in [9.17, 15) is 14.4 Å². The molecule has 0 bridgehead atoms. The van der Waals surface area contributed by atoms with Crippen LogP contribution >= 0.6 is 24.0 Å². The second kappa shape index (κ2) is 11.6. The first kappa shape index (κ1) is 25.1. The molecule has 4 rings (SSSR count). The second-order valence-electron chi connectivity index (χ2n) is 8.54. The molecule has 0 atom stereocenters. The number of thioether (sulfide) groups is 1. The van der Waals surface area contributed by atoms with Crippen molar-refractivity contribution >= 4 is 57.8 Å². The second-order valence-corrected chi connectivity index (χ2v) is 10.2. The number of unbranched alkanes of at least 4 members (excludes halogenated alkanes) is 2. The van der Waals surface area contributed by atoms with E-state index in [1.54, 1.807) is 35.2 Å². The SMILES string of the molecule is COC(=O)c1ccc(C=C2SC(=S)N(CCCCCC(=O)N3CCCc4ccccc43)C2=O)cc1. The number of para-hydroxylation sites is 1. The number of hydrogen-bond donors (Lipinski definition) is 0. The number of amides is 2. The molecule has 0 radical (unpaired) electrons. The highest BCUT2D eigenvalue weighted by molar-refractivity contribution is 8.26. The summed E-state index contributed by atoms with van der Waals surface area (Å²) >= 11 is 6.72. The molecule has 0 N–H and O–H groups in total. The number of carbonyl (C=O) groups excluding carboxylic acids is 3. The summed E-state index contributed by atoms with van der Waals surface area (Å²) < 4.78 is 5.26. The molecule has 0 aromatic heterocycles. The summed E-state index contributed by atoms with van der Waals surface area (Å²) in [5.74, 6) is -0.327. The number of thiocarbonyl (C=S) groups is 1. The van der Waals surface area contributed by atoms with E-state index >= 15 is 0 Å². The van der Waals surface area contributed by atoms with Crippen molar-refractivity contribution in [2.45, 2.75) is 38.5 Å². The number of esters is 1. The van der Waals surface area contributed by atoms with E-state index in [1.165, 1.54) is 24.4 Å². The molecule has 2 heterocycles. The fraction of sp³-hybridized carbons (Fsp3) is 0.333. The maximum Gasteiger partial charge on any atom is 0.337 e. The average Bonchev–Trinajstić information content (AvgIpc) is 3.15. The molecule has 182 valence electrons. The van der Waals surface area contributed by atoms with Crippen molar-refractivity contribution in [1.82, 2.24) is 4.90 Å². The Morgan fingerprint density at radius 3 is 2.63 bits per heavy atom. The Hall–Kier alpha value is -2.97. The number of hydrogen-bond acceptors (Lipinski definition) is 6. The Kier molecular flexibility index (Phi) is 8.36. The number of aryl methyl sites for hydroxylation is 1. The van der Waals surface area contributed by atoms with Gasteiger partial charge in [-0.3, -0.25) is 14.5 Å². The molecule has 0 spiro atoms. The van der Waals surface area contributed by atoms with Crippen LogP contribution < -0.4 is 4.90 Å². The summed E-state index contributed by atoms with van der Waals surface area (Å²) in [6.45, 7) is 1.33. The molecule has 0 aliphatic carbocycles. The third-order valence-corrected chi connectivity index (χ3v) is 7.56. The van der Waals surface area contributed by atoms with Gasteiger partial charge in [-0.05, 0) is 61.1 Å². The summed E-state index contributed by atoms with van der Waals surface area (Å²) in [4.78, 5) is 41.3. The molecule has 1 saturated heterocycles. The number of nitrogens with zero attached hydrogens (tertiary/aromatic N) is 2. The minimum absolute atomic E-state index is 0.0990. The Balaban J connectivity index is 1.24. The lowest BCUT2D eigenvalue weighted by atomic mass is 10.0. The van der Waals surface area contributed by atoms with Gasteiger partial charge < -0.3 is 9.64 Å². The zero-order chi connectivity index (χ0) is 24.8. The third-order valence-electron chi connectivity index (χ3n) is 6.19. The predicted molar refractivity (Wildman–Crippen MR) is 143 cm³/mol. The number of carbonyl (C=O) groups is 3. The Bertz CT molecular complexity index is 1160. The van der Waals surface area contributed by atoms with Gasteiger partial charge in [-0.15, -0.1) is 0 Å². The van der Waals surface area contributed by atoms with Gasteiger partial charge in [0.05, 0.1) is 17.6 Å². The standard InChI is InChI=1S/C27H28N2O4S2/c1-33-26(32)21-14-12-19(13-15-21)18-23-25(31)29(27(34)35-23)16-6-2-3-11-24(30)28-17-7-9-20-8-4-5-10-22(20)28/h4-5,8,10,12-15,18H,2-3,6-7,9,11,16-17H2,1H3. The van der Waals surface area contributed by atoms with E-state index in [0.717, 1.165) is 49.9 Å². The molecule has 1 fully saturated rings. The third kappa shape index (κ3) is 6.00. The van der Waals surface area contributed by atoms with Gasteiger partial charge in [0, 0.05) is 25.2 Å². The lowest BCUT2D eigenvalue weighted by molar-refractivity contribution is -0.122. The normalized spacial score (nSPS) is 16.5. The number of anilines is 1.